The Balaban J connectivity index is 1.31. The van der Waals surface area contributed by atoms with Crippen molar-refractivity contribution in [2.24, 2.45) is 0 Å². The van der Waals surface area contributed by atoms with Gasteiger partial charge in [-0.05, 0) is 55.6 Å². The molecule has 3 heterocycles. The van der Waals surface area contributed by atoms with Gasteiger partial charge in [0.1, 0.15) is 11.6 Å². The standard InChI is InChI=1S/C27H37ClN6OS/c28-22-9-7-21(8-10-22)27(11-3-4-12-27)20-29-26(36)32-25-30-23(33-13-5-1-2-6-14-33)19-24(31-25)34-15-17-35-18-16-34/h7-10,19H,1-6,11-18,20H2,(H2,29,30,31,32,36). The van der Waals surface area contributed by atoms with Gasteiger partial charge in [0.15, 0.2) is 5.11 Å². The number of nitrogens with one attached hydrogen (secondary N) is 2. The summed E-state index contributed by atoms with van der Waals surface area (Å²) in [4.78, 5) is 14.4. The Morgan fingerprint density at radius 2 is 1.50 bits per heavy atom. The molecule has 7 nitrogen and oxygen atoms in total. The van der Waals surface area contributed by atoms with E-state index in [-0.39, 0.29) is 5.41 Å². The first-order chi connectivity index (χ1) is 17.6. The SMILES string of the molecule is S=C(NCC1(c2ccc(Cl)cc2)CCCC1)Nc1nc(N2CCCCCC2)cc(N2CCOCC2)n1. The van der Waals surface area contributed by atoms with E-state index in [0.717, 1.165) is 75.4 Å². The molecule has 3 fully saturated rings. The van der Waals surface area contributed by atoms with Gasteiger partial charge in [-0.25, -0.2) is 0 Å². The lowest BCUT2D eigenvalue weighted by molar-refractivity contribution is 0.122. The second kappa shape index (κ2) is 11.9. The van der Waals surface area contributed by atoms with Crippen LogP contribution in [0.15, 0.2) is 30.3 Å². The molecule has 0 spiro atoms. The molecule has 2 aliphatic heterocycles. The highest BCUT2D eigenvalue weighted by Crippen LogP contribution is 2.41. The highest BCUT2D eigenvalue weighted by molar-refractivity contribution is 7.80. The summed E-state index contributed by atoms with van der Waals surface area (Å²) in [5, 5.41) is 8.14. The van der Waals surface area contributed by atoms with E-state index < -0.39 is 0 Å². The number of nitrogens with zero attached hydrogens (tertiary/aromatic N) is 4. The van der Waals surface area contributed by atoms with Crippen LogP contribution in [0, 0.1) is 0 Å². The molecule has 0 bridgehead atoms. The molecule has 2 saturated heterocycles. The Labute approximate surface area is 225 Å². The number of aromatic nitrogens is 2. The number of benzene rings is 1. The molecule has 9 heteroatoms. The van der Waals surface area contributed by atoms with Gasteiger partial charge >= 0.3 is 0 Å². The summed E-state index contributed by atoms with van der Waals surface area (Å²) in [6.45, 7) is 5.96. The van der Waals surface area contributed by atoms with Crippen LogP contribution in [-0.4, -0.2) is 61.0 Å². The minimum absolute atomic E-state index is 0.0735. The van der Waals surface area contributed by atoms with Crippen molar-refractivity contribution in [2.45, 2.75) is 56.8 Å². The van der Waals surface area contributed by atoms with Crippen LogP contribution in [0.25, 0.3) is 0 Å². The number of morpholine rings is 1. The van der Waals surface area contributed by atoms with Crippen LogP contribution in [0.1, 0.15) is 56.9 Å². The summed E-state index contributed by atoms with van der Waals surface area (Å²) >= 11 is 11.9. The maximum absolute atomic E-state index is 6.15. The molecular formula is C27H37ClN6OS. The zero-order valence-corrected chi connectivity index (χ0v) is 22.5. The maximum atomic E-state index is 6.15. The van der Waals surface area contributed by atoms with Crippen LogP contribution >= 0.6 is 23.8 Å². The third-order valence-corrected chi connectivity index (χ3v) is 8.29. The Bertz CT molecular complexity index is 1020. The first kappa shape index (κ1) is 25.5. The van der Waals surface area contributed by atoms with E-state index in [1.54, 1.807) is 0 Å². The predicted octanol–water partition coefficient (Wildman–Crippen LogP) is 5.15. The Hall–Kier alpha value is -2.16. The number of ether oxygens (including phenoxy) is 1. The van der Waals surface area contributed by atoms with Crippen molar-refractivity contribution in [1.29, 1.82) is 0 Å². The van der Waals surface area contributed by atoms with Crippen LogP contribution < -0.4 is 20.4 Å². The molecule has 36 heavy (non-hydrogen) atoms. The van der Waals surface area contributed by atoms with E-state index in [4.69, 9.17) is 38.5 Å². The van der Waals surface area contributed by atoms with Gasteiger partial charge in [-0.2, -0.15) is 9.97 Å². The number of anilines is 3. The average Bonchev–Trinajstić information content (AvgIpc) is 3.22. The summed E-state index contributed by atoms with van der Waals surface area (Å²) in [6, 6.07) is 10.4. The lowest BCUT2D eigenvalue weighted by Crippen LogP contribution is -2.41. The minimum atomic E-state index is 0.0735. The molecule has 2 N–H and O–H groups in total. The van der Waals surface area contributed by atoms with Gasteiger partial charge in [-0.15, -0.1) is 0 Å². The topological polar surface area (TPSA) is 65.6 Å². The molecular weight excluding hydrogens is 492 g/mol. The van der Waals surface area contributed by atoms with Gasteiger partial charge < -0.3 is 25.2 Å². The second-order valence-corrected chi connectivity index (χ2v) is 11.1. The average molecular weight is 529 g/mol. The Morgan fingerprint density at radius 1 is 0.889 bits per heavy atom. The number of thiocarbonyl (C=S) groups is 1. The molecule has 3 aliphatic rings. The van der Waals surface area contributed by atoms with E-state index in [1.807, 2.05) is 12.1 Å². The summed E-state index contributed by atoms with van der Waals surface area (Å²) in [5.41, 5.74) is 1.40. The summed E-state index contributed by atoms with van der Waals surface area (Å²) in [5.74, 6) is 2.47. The highest BCUT2D eigenvalue weighted by atomic mass is 35.5. The van der Waals surface area contributed by atoms with Gasteiger partial charge in [-0.3, -0.25) is 0 Å². The number of hydrogen-bond donors (Lipinski definition) is 2. The maximum Gasteiger partial charge on any atom is 0.232 e. The van der Waals surface area contributed by atoms with Crippen molar-refractivity contribution in [1.82, 2.24) is 15.3 Å². The lowest BCUT2D eigenvalue weighted by atomic mass is 9.79. The lowest BCUT2D eigenvalue weighted by Gasteiger charge is -2.31. The summed E-state index contributed by atoms with van der Waals surface area (Å²) < 4.78 is 5.56. The van der Waals surface area contributed by atoms with Gasteiger partial charge in [0.05, 0.1) is 13.2 Å². The molecule has 194 valence electrons. The van der Waals surface area contributed by atoms with Crippen LogP contribution in [0.2, 0.25) is 5.02 Å². The van der Waals surface area contributed by atoms with Crippen molar-refractivity contribution in [2.75, 3.05) is 61.1 Å². The number of rotatable bonds is 6. The normalized spacial score (nSPS) is 20.1. The Morgan fingerprint density at radius 3 is 2.14 bits per heavy atom. The first-order valence-corrected chi connectivity index (χ1v) is 14.2. The first-order valence-electron chi connectivity index (χ1n) is 13.4. The second-order valence-electron chi connectivity index (χ2n) is 10.2. The van der Waals surface area contributed by atoms with Gasteiger partial charge in [0, 0.05) is 49.2 Å². The third-order valence-electron chi connectivity index (χ3n) is 7.79. The quantitative estimate of drug-likeness (QED) is 0.499. The zero-order valence-electron chi connectivity index (χ0n) is 21.0. The van der Waals surface area contributed by atoms with Crippen molar-refractivity contribution in [3.8, 4) is 0 Å². The highest BCUT2D eigenvalue weighted by Gasteiger charge is 2.35. The van der Waals surface area contributed by atoms with E-state index in [9.17, 15) is 0 Å². The van der Waals surface area contributed by atoms with Crippen molar-refractivity contribution in [3.63, 3.8) is 0 Å². The Kier molecular flexibility index (Phi) is 8.44. The fourth-order valence-electron chi connectivity index (χ4n) is 5.71. The van der Waals surface area contributed by atoms with Crippen LogP contribution in [-0.2, 0) is 10.2 Å². The fraction of sp³-hybridized carbons (Fsp3) is 0.593. The molecule has 1 aliphatic carbocycles. The molecule has 2 aromatic rings. The monoisotopic (exact) mass is 528 g/mol. The molecule has 0 unspecified atom stereocenters. The van der Waals surface area contributed by atoms with Crippen LogP contribution in [0.4, 0.5) is 17.6 Å². The number of halogens is 1. The van der Waals surface area contributed by atoms with Gasteiger partial charge in [0.2, 0.25) is 5.95 Å². The minimum Gasteiger partial charge on any atom is -0.378 e. The third kappa shape index (κ3) is 6.21. The van der Waals surface area contributed by atoms with Crippen LogP contribution in [0.3, 0.4) is 0 Å². The van der Waals surface area contributed by atoms with E-state index in [1.165, 1.54) is 44.1 Å². The zero-order chi connectivity index (χ0) is 24.8. The van der Waals surface area contributed by atoms with E-state index >= 15 is 0 Å². The van der Waals surface area contributed by atoms with Crippen molar-refractivity contribution >= 4 is 46.5 Å². The smallest absolute Gasteiger partial charge is 0.232 e. The molecule has 0 atom stereocenters. The van der Waals surface area contributed by atoms with Crippen molar-refractivity contribution in [3.05, 3.63) is 40.9 Å². The fourth-order valence-corrected chi connectivity index (χ4v) is 6.00. The number of hydrogen-bond acceptors (Lipinski definition) is 6. The van der Waals surface area contributed by atoms with Gasteiger partial charge in [0.25, 0.3) is 0 Å². The molecule has 1 aromatic carbocycles. The summed E-state index contributed by atoms with van der Waals surface area (Å²) in [6.07, 6.45) is 9.72. The predicted molar refractivity (Wildman–Crippen MR) is 152 cm³/mol. The molecule has 5 rings (SSSR count). The molecule has 0 radical (unpaired) electrons. The molecule has 1 saturated carbocycles. The molecule has 0 amide bonds. The molecule has 1 aromatic heterocycles. The summed E-state index contributed by atoms with van der Waals surface area (Å²) in [7, 11) is 0. The van der Waals surface area contributed by atoms with Crippen molar-refractivity contribution < 1.29 is 4.74 Å². The van der Waals surface area contributed by atoms with Gasteiger partial charge in [-0.1, -0.05) is 49.4 Å². The largest absolute Gasteiger partial charge is 0.378 e. The van der Waals surface area contributed by atoms with E-state index in [0.29, 0.717) is 11.1 Å². The van der Waals surface area contributed by atoms with Crippen LogP contribution in [0.5, 0.6) is 0 Å². The van der Waals surface area contributed by atoms with E-state index in [2.05, 4.69) is 38.6 Å².